The summed E-state index contributed by atoms with van der Waals surface area (Å²) in [5.74, 6) is 1.03. The van der Waals surface area contributed by atoms with Gasteiger partial charge < -0.3 is 10.0 Å². The van der Waals surface area contributed by atoms with Gasteiger partial charge in [0, 0.05) is 0 Å². The number of benzene rings is 1. The third kappa shape index (κ3) is 8.94. The fourth-order valence-electron chi connectivity index (χ4n) is 0.385. The molecule has 0 aromatic heterocycles. The van der Waals surface area contributed by atoms with Crippen molar-refractivity contribution in [3.63, 3.8) is 0 Å². The molecule has 0 bridgehead atoms. The van der Waals surface area contributed by atoms with Crippen LogP contribution in [0.3, 0.4) is 0 Å². The van der Waals surface area contributed by atoms with Crippen LogP contribution in [0.25, 0.3) is 0 Å². The molecular weight excluding hydrogens is 139 g/mol. The molecule has 2 N–H and O–H groups in total. The molecule has 1 rings (SSSR count). The summed E-state index contributed by atoms with van der Waals surface area (Å²) in [6.45, 7) is 3.06. The maximum atomic E-state index is 7.80. The molecule has 58 valence electrons. The first kappa shape index (κ1) is 9.94. The van der Waals surface area contributed by atoms with Gasteiger partial charge in [-0.1, -0.05) is 42.4 Å². The summed E-state index contributed by atoms with van der Waals surface area (Å²) in [4.78, 5) is 0. The SMILES string of the molecule is C=CB(O)O.c1ccccc1. The van der Waals surface area contributed by atoms with Gasteiger partial charge >= 0.3 is 7.12 Å². The van der Waals surface area contributed by atoms with Crippen molar-refractivity contribution >= 4 is 7.12 Å². The van der Waals surface area contributed by atoms with Crippen molar-refractivity contribution in [1.82, 2.24) is 0 Å². The Hall–Kier alpha value is -1.06. The lowest BCUT2D eigenvalue weighted by Gasteiger charge is -1.75. The lowest BCUT2D eigenvalue weighted by atomic mass is 9.94. The van der Waals surface area contributed by atoms with E-state index in [2.05, 4.69) is 6.58 Å². The zero-order valence-electron chi connectivity index (χ0n) is 6.22. The molecule has 0 spiro atoms. The van der Waals surface area contributed by atoms with Crippen LogP contribution in [0.5, 0.6) is 0 Å². The van der Waals surface area contributed by atoms with Crippen LogP contribution < -0.4 is 0 Å². The summed E-state index contributed by atoms with van der Waals surface area (Å²) in [6.07, 6.45) is 0. The van der Waals surface area contributed by atoms with Crippen LogP contribution >= 0.6 is 0 Å². The fraction of sp³-hybridized carbons (Fsp3) is 0. The molecule has 0 fully saturated rings. The monoisotopic (exact) mass is 150 g/mol. The van der Waals surface area contributed by atoms with E-state index in [-0.39, 0.29) is 0 Å². The molecule has 0 aliphatic carbocycles. The van der Waals surface area contributed by atoms with Gasteiger partial charge in [-0.25, -0.2) is 0 Å². The van der Waals surface area contributed by atoms with Crippen LogP contribution in [0.2, 0.25) is 0 Å². The zero-order chi connectivity index (χ0) is 8.53. The van der Waals surface area contributed by atoms with E-state index >= 15 is 0 Å². The van der Waals surface area contributed by atoms with Crippen molar-refractivity contribution in [3.05, 3.63) is 49.0 Å². The Kier molecular flexibility index (Phi) is 6.38. The van der Waals surface area contributed by atoms with E-state index in [0.29, 0.717) is 0 Å². The standard InChI is InChI=1S/C6H6.C2H5BO2/c1-2-4-6-5-3-1;1-2-3(4)5/h1-6H;2,4-5H,1H2. The lowest BCUT2D eigenvalue weighted by molar-refractivity contribution is 0.424. The van der Waals surface area contributed by atoms with Gasteiger partial charge in [-0.05, 0) is 0 Å². The smallest absolute Gasteiger partial charge is 0.424 e. The lowest BCUT2D eigenvalue weighted by Crippen LogP contribution is -2.03. The van der Waals surface area contributed by atoms with E-state index in [4.69, 9.17) is 10.0 Å². The number of hydrogen-bond acceptors (Lipinski definition) is 2. The predicted octanol–water partition coefficient (Wildman–Crippen LogP) is 0.871. The maximum Gasteiger partial charge on any atom is 0.480 e. The molecule has 11 heavy (non-hydrogen) atoms. The maximum absolute atomic E-state index is 7.80. The van der Waals surface area contributed by atoms with E-state index < -0.39 is 7.12 Å². The number of hydrogen-bond donors (Lipinski definition) is 2. The molecule has 0 saturated carbocycles. The predicted molar refractivity (Wildman–Crippen MR) is 46.8 cm³/mol. The van der Waals surface area contributed by atoms with Gasteiger partial charge in [0.1, 0.15) is 0 Å². The van der Waals surface area contributed by atoms with Gasteiger partial charge in [-0.2, -0.15) is 0 Å². The molecule has 0 heterocycles. The van der Waals surface area contributed by atoms with Crippen molar-refractivity contribution in [2.45, 2.75) is 0 Å². The second-order valence-electron chi connectivity index (χ2n) is 1.80. The average molecular weight is 150 g/mol. The van der Waals surface area contributed by atoms with Crippen molar-refractivity contribution in [2.24, 2.45) is 0 Å². The van der Waals surface area contributed by atoms with Crippen molar-refractivity contribution in [2.75, 3.05) is 0 Å². The minimum absolute atomic E-state index is 1.03. The molecule has 3 heteroatoms. The summed E-state index contributed by atoms with van der Waals surface area (Å²) < 4.78 is 0. The van der Waals surface area contributed by atoms with Gasteiger partial charge in [0.25, 0.3) is 0 Å². The minimum Gasteiger partial charge on any atom is -0.424 e. The van der Waals surface area contributed by atoms with E-state index in [1.165, 1.54) is 0 Å². The molecule has 2 nitrogen and oxygen atoms in total. The van der Waals surface area contributed by atoms with Crippen LogP contribution in [0, 0.1) is 0 Å². The molecule has 0 unspecified atom stereocenters. The van der Waals surface area contributed by atoms with Gasteiger partial charge in [-0.3, -0.25) is 0 Å². The Morgan fingerprint density at radius 1 is 0.909 bits per heavy atom. The summed E-state index contributed by atoms with van der Waals surface area (Å²) in [7, 11) is -1.35. The molecule has 0 aliphatic rings. The Morgan fingerprint density at radius 3 is 1.18 bits per heavy atom. The molecular formula is C8H11BO2. The Bertz CT molecular complexity index is 148. The molecule has 0 atom stereocenters. The Morgan fingerprint density at radius 2 is 1.09 bits per heavy atom. The normalized spacial score (nSPS) is 7.45. The third-order valence-corrected chi connectivity index (χ3v) is 0.877. The van der Waals surface area contributed by atoms with Crippen molar-refractivity contribution in [1.29, 1.82) is 0 Å². The van der Waals surface area contributed by atoms with Crippen LogP contribution in [0.15, 0.2) is 49.0 Å². The minimum atomic E-state index is -1.35. The highest BCUT2D eigenvalue weighted by Gasteiger charge is 1.92. The summed E-state index contributed by atoms with van der Waals surface area (Å²) in [5.41, 5.74) is 0. The first-order valence-corrected chi connectivity index (χ1v) is 3.26. The highest BCUT2D eigenvalue weighted by atomic mass is 16.4. The Balaban J connectivity index is 0.000000187. The van der Waals surface area contributed by atoms with E-state index in [1.54, 1.807) is 0 Å². The third-order valence-electron chi connectivity index (χ3n) is 0.877. The molecule has 0 radical (unpaired) electrons. The second kappa shape index (κ2) is 7.06. The fourth-order valence-corrected chi connectivity index (χ4v) is 0.385. The quantitative estimate of drug-likeness (QED) is 0.583. The van der Waals surface area contributed by atoms with Crippen LogP contribution in [-0.4, -0.2) is 17.2 Å². The summed E-state index contributed by atoms with van der Waals surface area (Å²) in [5, 5.41) is 15.6. The zero-order valence-corrected chi connectivity index (χ0v) is 6.22. The summed E-state index contributed by atoms with van der Waals surface area (Å²) in [6, 6.07) is 12.0. The average Bonchev–Trinajstić information content (AvgIpc) is 2.09. The molecule has 0 aliphatic heterocycles. The van der Waals surface area contributed by atoms with Gasteiger partial charge in [0.15, 0.2) is 0 Å². The molecule has 1 aromatic carbocycles. The van der Waals surface area contributed by atoms with Gasteiger partial charge in [0.05, 0.1) is 0 Å². The highest BCUT2D eigenvalue weighted by molar-refractivity contribution is 6.47. The summed E-state index contributed by atoms with van der Waals surface area (Å²) >= 11 is 0. The van der Waals surface area contributed by atoms with E-state index in [0.717, 1.165) is 5.98 Å². The topological polar surface area (TPSA) is 40.5 Å². The number of rotatable bonds is 1. The van der Waals surface area contributed by atoms with Gasteiger partial charge in [-0.15, -0.1) is 6.58 Å². The van der Waals surface area contributed by atoms with Gasteiger partial charge in [0.2, 0.25) is 0 Å². The second-order valence-corrected chi connectivity index (χ2v) is 1.80. The first-order chi connectivity index (χ1) is 5.27. The van der Waals surface area contributed by atoms with Crippen LogP contribution in [0.1, 0.15) is 0 Å². The first-order valence-electron chi connectivity index (χ1n) is 3.26. The molecule has 0 amide bonds. The van der Waals surface area contributed by atoms with Crippen LogP contribution in [-0.2, 0) is 0 Å². The largest absolute Gasteiger partial charge is 0.480 e. The van der Waals surface area contributed by atoms with Crippen molar-refractivity contribution in [3.8, 4) is 0 Å². The molecule has 0 saturated heterocycles. The molecule has 1 aromatic rings. The Labute approximate surface area is 67.0 Å². The highest BCUT2D eigenvalue weighted by Crippen LogP contribution is 1.79. The van der Waals surface area contributed by atoms with Crippen molar-refractivity contribution < 1.29 is 10.0 Å². The van der Waals surface area contributed by atoms with Crippen LogP contribution in [0.4, 0.5) is 0 Å². The van der Waals surface area contributed by atoms with E-state index in [9.17, 15) is 0 Å². The van der Waals surface area contributed by atoms with E-state index in [1.807, 2.05) is 36.4 Å².